The topological polar surface area (TPSA) is 79.3 Å². The van der Waals surface area contributed by atoms with E-state index in [1.54, 1.807) is 0 Å². The molecule has 3 heterocycles. The summed E-state index contributed by atoms with van der Waals surface area (Å²) in [7, 11) is 0. The number of aliphatic carboxylic acids is 1. The zero-order valence-corrected chi connectivity index (χ0v) is 19.2. The molecule has 2 fully saturated rings. The van der Waals surface area contributed by atoms with Crippen molar-refractivity contribution in [2.75, 3.05) is 18.2 Å². The van der Waals surface area contributed by atoms with E-state index in [9.17, 15) is 9.59 Å². The van der Waals surface area contributed by atoms with Gasteiger partial charge >= 0.3 is 5.97 Å². The normalized spacial score (nSPS) is 24.1. The predicted molar refractivity (Wildman–Crippen MR) is 129 cm³/mol. The second kappa shape index (κ2) is 7.78. The van der Waals surface area contributed by atoms with Gasteiger partial charge in [-0.2, -0.15) is 0 Å². The smallest absolute Gasteiger partial charge is 0.323 e. The van der Waals surface area contributed by atoms with Gasteiger partial charge in [0.15, 0.2) is 11.5 Å². The Bertz CT molecular complexity index is 1240. The number of nitrogens with zero attached hydrogens (tertiary/aromatic N) is 2. The molecule has 0 spiro atoms. The van der Waals surface area contributed by atoms with Gasteiger partial charge in [0.1, 0.15) is 10.9 Å². The lowest BCUT2D eigenvalue weighted by Crippen LogP contribution is -2.33. The Morgan fingerprint density at radius 2 is 2.03 bits per heavy atom. The second-order valence-corrected chi connectivity index (χ2v) is 10.2. The number of carbonyl (C=O) groups excluding carboxylic acids is 1. The van der Waals surface area contributed by atoms with Crippen molar-refractivity contribution in [1.29, 1.82) is 0 Å². The van der Waals surface area contributed by atoms with Crippen LogP contribution in [0.3, 0.4) is 0 Å². The average Bonchev–Trinajstić information content (AvgIpc) is 3.55. The SMILES string of the molecule is O=C(O)CN1C(=O)/C(=C/c2ccc3c(c2)C2CCCC2N3c2ccc3c(c2)OCO3)SC1=S. The number of thioether (sulfide) groups is 1. The predicted octanol–water partition coefficient (Wildman–Crippen LogP) is 4.49. The van der Waals surface area contributed by atoms with Crippen molar-refractivity contribution < 1.29 is 24.2 Å². The van der Waals surface area contributed by atoms with Gasteiger partial charge in [-0.1, -0.05) is 36.5 Å². The molecule has 0 aromatic heterocycles. The van der Waals surface area contributed by atoms with Gasteiger partial charge in [0.05, 0.1) is 4.91 Å². The average molecular weight is 481 g/mol. The first-order valence-electron chi connectivity index (χ1n) is 10.8. The lowest BCUT2D eigenvalue weighted by molar-refractivity contribution is -0.140. The van der Waals surface area contributed by atoms with Crippen molar-refractivity contribution in [2.45, 2.75) is 31.2 Å². The molecule has 2 aromatic carbocycles. The van der Waals surface area contributed by atoms with E-state index >= 15 is 0 Å². The van der Waals surface area contributed by atoms with Crippen molar-refractivity contribution in [1.82, 2.24) is 4.90 Å². The van der Waals surface area contributed by atoms with Crippen LogP contribution in [0.15, 0.2) is 41.3 Å². The number of fused-ring (bicyclic) bond motifs is 4. The summed E-state index contributed by atoms with van der Waals surface area (Å²) in [5.74, 6) is 0.544. The standard InChI is InChI=1S/C24H20N2O5S2/c27-22(28)11-25-23(29)21(33-24(25)32)9-13-4-6-18-16(8-13)15-2-1-3-17(15)26(18)14-5-7-19-20(10-14)31-12-30-19/h4-10,15,17H,1-3,11-12H2,(H,27,28)/b21-9-. The number of carboxylic acids is 1. The highest BCUT2D eigenvalue weighted by Crippen LogP contribution is 2.53. The molecule has 2 unspecified atom stereocenters. The molecule has 1 aliphatic carbocycles. The molecular formula is C24H20N2O5S2. The highest BCUT2D eigenvalue weighted by Gasteiger charge is 2.42. The molecule has 1 saturated carbocycles. The summed E-state index contributed by atoms with van der Waals surface area (Å²) in [4.78, 5) is 27.7. The van der Waals surface area contributed by atoms with Crippen LogP contribution >= 0.6 is 24.0 Å². The third-order valence-electron chi connectivity index (χ3n) is 6.62. The molecule has 1 N–H and O–H groups in total. The van der Waals surface area contributed by atoms with Crippen LogP contribution in [-0.4, -0.2) is 45.6 Å². The van der Waals surface area contributed by atoms with Gasteiger partial charge in [0.25, 0.3) is 5.91 Å². The van der Waals surface area contributed by atoms with Crippen LogP contribution < -0.4 is 14.4 Å². The van der Waals surface area contributed by atoms with E-state index < -0.39 is 12.5 Å². The molecule has 4 aliphatic rings. The Kier molecular flexibility index (Phi) is 4.84. The Balaban J connectivity index is 1.34. The van der Waals surface area contributed by atoms with Gasteiger partial charge in [0.2, 0.25) is 6.79 Å². The van der Waals surface area contributed by atoms with E-state index in [2.05, 4.69) is 29.2 Å². The number of benzene rings is 2. The maximum atomic E-state index is 12.7. The minimum atomic E-state index is -1.08. The number of amides is 1. The van der Waals surface area contributed by atoms with E-state index in [0.717, 1.165) is 52.3 Å². The maximum Gasteiger partial charge on any atom is 0.323 e. The highest BCUT2D eigenvalue weighted by atomic mass is 32.2. The molecule has 6 rings (SSSR count). The summed E-state index contributed by atoms with van der Waals surface area (Å²) in [6.07, 6.45) is 5.24. The van der Waals surface area contributed by atoms with Gasteiger partial charge in [-0.3, -0.25) is 14.5 Å². The molecule has 0 radical (unpaired) electrons. The third kappa shape index (κ3) is 3.38. The monoisotopic (exact) mass is 480 g/mol. The summed E-state index contributed by atoms with van der Waals surface area (Å²) in [6, 6.07) is 12.8. The van der Waals surface area contributed by atoms with Crippen LogP contribution in [0.2, 0.25) is 0 Å². The summed E-state index contributed by atoms with van der Waals surface area (Å²) in [5.41, 5.74) is 4.48. The lowest BCUT2D eigenvalue weighted by atomic mass is 9.96. The molecule has 7 nitrogen and oxygen atoms in total. The number of hydrogen-bond donors (Lipinski definition) is 1. The van der Waals surface area contributed by atoms with Crippen molar-refractivity contribution in [3.8, 4) is 11.5 Å². The first-order valence-corrected chi connectivity index (χ1v) is 12.0. The Labute approximate surface area is 200 Å². The van der Waals surface area contributed by atoms with Crippen LogP contribution in [0.25, 0.3) is 6.08 Å². The summed E-state index contributed by atoms with van der Waals surface area (Å²) in [6.45, 7) is -0.163. The largest absolute Gasteiger partial charge is 0.480 e. The van der Waals surface area contributed by atoms with Gasteiger partial charge in [-0.25, -0.2) is 0 Å². The molecule has 1 saturated heterocycles. The first-order chi connectivity index (χ1) is 16.0. The summed E-state index contributed by atoms with van der Waals surface area (Å²) < 4.78 is 11.4. The second-order valence-electron chi connectivity index (χ2n) is 8.49. The molecule has 168 valence electrons. The minimum absolute atomic E-state index is 0.253. The zero-order chi connectivity index (χ0) is 22.7. The third-order valence-corrected chi connectivity index (χ3v) is 8.00. The van der Waals surface area contributed by atoms with Gasteiger partial charge < -0.3 is 19.5 Å². The minimum Gasteiger partial charge on any atom is -0.480 e. The highest BCUT2D eigenvalue weighted by molar-refractivity contribution is 8.26. The van der Waals surface area contributed by atoms with Crippen LogP contribution in [-0.2, 0) is 9.59 Å². The van der Waals surface area contributed by atoms with E-state index in [4.69, 9.17) is 26.8 Å². The van der Waals surface area contributed by atoms with Gasteiger partial charge in [0, 0.05) is 29.4 Å². The quantitative estimate of drug-likeness (QED) is 0.507. The summed E-state index contributed by atoms with van der Waals surface area (Å²) >= 11 is 6.36. The van der Waals surface area contributed by atoms with Crippen molar-refractivity contribution in [3.63, 3.8) is 0 Å². The maximum absolute atomic E-state index is 12.7. The van der Waals surface area contributed by atoms with Crippen molar-refractivity contribution in [2.24, 2.45) is 0 Å². The molecule has 2 aromatic rings. The fourth-order valence-corrected chi connectivity index (χ4v) is 6.51. The summed E-state index contributed by atoms with van der Waals surface area (Å²) in [5, 5.41) is 9.05. The Hall–Kier alpha value is -3.04. The molecule has 33 heavy (non-hydrogen) atoms. The van der Waals surface area contributed by atoms with E-state index in [0.29, 0.717) is 16.9 Å². The number of ether oxygens (including phenoxy) is 2. The number of carboxylic acid groups (broad SMARTS) is 1. The Morgan fingerprint density at radius 3 is 2.88 bits per heavy atom. The van der Waals surface area contributed by atoms with Crippen molar-refractivity contribution >= 4 is 57.6 Å². The van der Waals surface area contributed by atoms with Crippen molar-refractivity contribution in [3.05, 3.63) is 52.4 Å². The van der Waals surface area contributed by atoms with Crippen LogP contribution in [0.4, 0.5) is 11.4 Å². The van der Waals surface area contributed by atoms with Gasteiger partial charge in [-0.05, 0) is 54.3 Å². The lowest BCUT2D eigenvalue weighted by Gasteiger charge is -2.27. The fraction of sp³-hybridized carbons (Fsp3) is 0.292. The number of carbonyl (C=O) groups is 2. The van der Waals surface area contributed by atoms with Crippen LogP contribution in [0.1, 0.15) is 36.3 Å². The number of thiocarbonyl (C=S) groups is 1. The number of rotatable bonds is 4. The molecule has 9 heteroatoms. The van der Waals surface area contributed by atoms with Crippen LogP contribution in [0, 0.1) is 0 Å². The Morgan fingerprint density at radius 1 is 1.18 bits per heavy atom. The molecule has 3 aliphatic heterocycles. The van der Waals surface area contributed by atoms with E-state index in [-0.39, 0.29) is 17.0 Å². The van der Waals surface area contributed by atoms with Gasteiger partial charge in [-0.15, -0.1) is 0 Å². The fourth-order valence-electron chi connectivity index (χ4n) is 5.26. The zero-order valence-electron chi connectivity index (χ0n) is 17.5. The molecule has 1 amide bonds. The molecule has 0 bridgehead atoms. The van der Waals surface area contributed by atoms with Crippen LogP contribution in [0.5, 0.6) is 11.5 Å². The number of hydrogen-bond acceptors (Lipinski definition) is 7. The van der Waals surface area contributed by atoms with E-state index in [1.807, 2.05) is 18.2 Å². The molecule has 2 atom stereocenters. The first kappa shape index (κ1) is 20.6. The van der Waals surface area contributed by atoms with E-state index in [1.165, 1.54) is 17.7 Å². The number of anilines is 2. The molecular weight excluding hydrogens is 460 g/mol.